The van der Waals surface area contributed by atoms with Gasteiger partial charge in [-0.3, -0.25) is 9.48 Å². The van der Waals surface area contributed by atoms with Crippen molar-refractivity contribution >= 4 is 23.3 Å². The van der Waals surface area contributed by atoms with Crippen LogP contribution in [0.2, 0.25) is 5.02 Å². The van der Waals surface area contributed by atoms with Crippen LogP contribution in [-0.4, -0.2) is 25.5 Å². The Morgan fingerprint density at radius 2 is 1.77 bits per heavy atom. The summed E-state index contributed by atoms with van der Waals surface area (Å²) in [5, 5.41) is 12.1. The van der Waals surface area contributed by atoms with Crippen molar-refractivity contribution < 1.29 is 9.53 Å². The fourth-order valence-electron chi connectivity index (χ4n) is 3.13. The molecule has 158 valence electrons. The van der Waals surface area contributed by atoms with Gasteiger partial charge in [0.2, 0.25) is 0 Å². The summed E-state index contributed by atoms with van der Waals surface area (Å²) < 4.78 is 9.12. The molecule has 0 fully saturated rings. The maximum atomic E-state index is 12.5. The number of hydrogen-bond acceptors (Lipinski definition) is 4. The van der Waals surface area contributed by atoms with Gasteiger partial charge in [-0.2, -0.15) is 10.2 Å². The van der Waals surface area contributed by atoms with Crippen LogP contribution < -0.4 is 10.1 Å². The Labute approximate surface area is 185 Å². The Balaban J connectivity index is 1.33. The SMILES string of the molecule is Cc1ccc(OCn2ccc(C(=O)Nc3ccn(Cc4ccc(Cl)cc4)n3)n2)c(C)c1. The Morgan fingerprint density at radius 1 is 1.00 bits per heavy atom. The summed E-state index contributed by atoms with van der Waals surface area (Å²) in [5.41, 5.74) is 3.59. The number of rotatable bonds is 7. The molecule has 0 aliphatic heterocycles. The van der Waals surface area contributed by atoms with Gasteiger partial charge in [-0.05, 0) is 49.2 Å². The van der Waals surface area contributed by atoms with Crippen molar-refractivity contribution in [2.24, 2.45) is 0 Å². The molecule has 7 nitrogen and oxygen atoms in total. The highest BCUT2D eigenvalue weighted by molar-refractivity contribution is 6.30. The van der Waals surface area contributed by atoms with Gasteiger partial charge in [-0.15, -0.1) is 0 Å². The first kappa shape index (κ1) is 20.7. The standard InChI is InChI=1S/C23H22ClN5O2/c1-16-3-8-21(17(2)13-16)31-15-29-11-9-20(26-29)23(30)25-22-10-12-28(27-22)14-18-4-6-19(24)7-5-18/h3-13H,14-15H2,1-2H3,(H,25,27,30). The number of aromatic nitrogens is 4. The van der Waals surface area contributed by atoms with Crippen LogP contribution in [0.5, 0.6) is 5.75 Å². The first-order chi connectivity index (χ1) is 15.0. The van der Waals surface area contributed by atoms with E-state index in [1.807, 2.05) is 50.2 Å². The number of amides is 1. The molecule has 1 amide bonds. The number of nitrogens with zero attached hydrogens (tertiary/aromatic N) is 4. The molecular formula is C23H22ClN5O2. The van der Waals surface area contributed by atoms with E-state index >= 15 is 0 Å². The zero-order valence-electron chi connectivity index (χ0n) is 17.2. The van der Waals surface area contributed by atoms with Crippen LogP contribution in [0.4, 0.5) is 5.82 Å². The lowest BCUT2D eigenvalue weighted by atomic mass is 10.1. The smallest absolute Gasteiger partial charge is 0.277 e. The molecule has 4 rings (SSSR count). The Hall–Kier alpha value is -3.58. The van der Waals surface area contributed by atoms with Gasteiger partial charge < -0.3 is 10.1 Å². The van der Waals surface area contributed by atoms with Gasteiger partial charge in [-0.25, -0.2) is 4.68 Å². The van der Waals surface area contributed by atoms with Gasteiger partial charge in [0.15, 0.2) is 18.2 Å². The van der Waals surface area contributed by atoms with Crippen LogP contribution in [-0.2, 0) is 13.3 Å². The highest BCUT2D eigenvalue weighted by atomic mass is 35.5. The number of aryl methyl sites for hydroxylation is 2. The highest BCUT2D eigenvalue weighted by Gasteiger charge is 2.12. The van der Waals surface area contributed by atoms with Crippen LogP contribution in [0.1, 0.15) is 27.2 Å². The molecule has 0 bridgehead atoms. The Bertz CT molecular complexity index is 1200. The van der Waals surface area contributed by atoms with E-state index in [0.29, 0.717) is 17.4 Å². The molecule has 0 saturated carbocycles. The number of hydrogen-bond donors (Lipinski definition) is 1. The number of halogens is 1. The number of nitrogens with one attached hydrogen (secondary N) is 1. The summed E-state index contributed by atoms with van der Waals surface area (Å²) in [4.78, 5) is 12.5. The van der Waals surface area contributed by atoms with Crippen molar-refractivity contribution in [1.82, 2.24) is 19.6 Å². The normalized spacial score (nSPS) is 10.8. The summed E-state index contributed by atoms with van der Waals surface area (Å²) in [6.45, 7) is 4.83. The van der Waals surface area contributed by atoms with Gasteiger partial charge in [-0.1, -0.05) is 41.4 Å². The van der Waals surface area contributed by atoms with Crippen molar-refractivity contribution in [3.63, 3.8) is 0 Å². The quantitative estimate of drug-likeness (QED) is 0.457. The van der Waals surface area contributed by atoms with Gasteiger partial charge in [0, 0.05) is 23.5 Å². The predicted octanol–water partition coefficient (Wildman–Crippen LogP) is 4.69. The minimum atomic E-state index is -0.331. The zero-order chi connectivity index (χ0) is 21.8. The molecule has 2 aromatic carbocycles. The molecule has 4 aromatic rings. The summed E-state index contributed by atoms with van der Waals surface area (Å²) in [6, 6.07) is 16.9. The minimum Gasteiger partial charge on any atom is -0.471 e. The molecule has 31 heavy (non-hydrogen) atoms. The monoisotopic (exact) mass is 435 g/mol. The third kappa shape index (κ3) is 5.32. The van der Waals surface area contributed by atoms with Crippen molar-refractivity contribution in [2.75, 3.05) is 5.32 Å². The van der Waals surface area contributed by atoms with Crippen LogP contribution in [0.3, 0.4) is 0 Å². The maximum Gasteiger partial charge on any atom is 0.277 e. The molecule has 0 atom stereocenters. The average Bonchev–Trinajstić information content (AvgIpc) is 3.39. The van der Waals surface area contributed by atoms with E-state index in [1.165, 1.54) is 5.56 Å². The van der Waals surface area contributed by atoms with E-state index in [2.05, 4.69) is 21.6 Å². The number of ether oxygens (including phenoxy) is 1. The van der Waals surface area contributed by atoms with Crippen molar-refractivity contribution in [2.45, 2.75) is 27.1 Å². The lowest BCUT2D eigenvalue weighted by Gasteiger charge is -2.09. The molecule has 2 heterocycles. The Kier molecular flexibility index (Phi) is 6.04. The average molecular weight is 436 g/mol. The number of carbonyl (C=O) groups is 1. The lowest BCUT2D eigenvalue weighted by Crippen LogP contribution is -2.15. The lowest BCUT2D eigenvalue weighted by molar-refractivity contribution is 0.101. The molecule has 0 radical (unpaired) electrons. The fourth-order valence-corrected chi connectivity index (χ4v) is 3.25. The van der Waals surface area contributed by atoms with Crippen molar-refractivity contribution in [3.05, 3.63) is 94.4 Å². The van der Waals surface area contributed by atoms with Gasteiger partial charge in [0.1, 0.15) is 5.75 Å². The van der Waals surface area contributed by atoms with Crippen molar-refractivity contribution in [1.29, 1.82) is 0 Å². The van der Waals surface area contributed by atoms with E-state index < -0.39 is 0 Å². The third-order valence-corrected chi connectivity index (χ3v) is 4.95. The minimum absolute atomic E-state index is 0.215. The first-order valence-electron chi connectivity index (χ1n) is 9.79. The molecule has 0 spiro atoms. The largest absolute Gasteiger partial charge is 0.471 e. The predicted molar refractivity (Wildman–Crippen MR) is 120 cm³/mol. The first-order valence-corrected chi connectivity index (χ1v) is 10.2. The maximum absolute atomic E-state index is 12.5. The molecule has 0 aliphatic rings. The molecule has 0 aliphatic carbocycles. The molecular weight excluding hydrogens is 414 g/mol. The summed E-state index contributed by atoms with van der Waals surface area (Å²) >= 11 is 5.91. The second kappa shape index (κ2) is 9.06. The molecule has 0 unspecified atom stereocenters. The second-order valence-corrected chi connectivity index (χ2v) is 7.70. The third-order valence-electron chi connectivity index (χ3n) is 4.70. The van der Waals surface area contributed by atoms with Crippen LogP contribution in [0.25, 0.3) is 0 Å². The van der Waals surface area contributed by atoms with Crippen LogP contribution in [0.15, 0.2) is 67.0 Å². The van der Waals surface area contributed by atoms with E-state index in [0.717, 1.165) is 16.9 Å². The van der Waals surface area contributed by atoms with E-state index in [1.54, 1.807) is 33.9 Å². The summed E-state index contributed by atoms with van der Waals surface area (Å²) in [7, 11) is 0. The highest BCUT2D eigenvalue weighted by Crippen LogP contribution is 2.19. The van der Waals surface area contributed by atoms with E-state index in [9.17, 15) is 4.79 Å². The second-order valence-electron chi connectivity index (χ2n) is 7.26. The molecule has 1 N–H and O–H groups in total. The van der Waals surface area contributed by atoms with Gasteiger partial charge in [0.25, 0.3) is 5.91 Å². The summed E-state index contributed by atoms with van der Waals surface area (Å²) in [5.74, 6) is 0.917. The molecule has 8 heteroatoms. The van der Waals surface area contributed by atoms with Gasteiger partial charge in [0.05, 0.1) is 6.54 Å². The van der Waals surface area contributed by atoms with Crippen LogP contribution >= 0.6 is 11.6 Å². The number of carbonyl (C=O) groups excluding carboxylic acids is 1. The van der Waals surface area contributed by atoms with Crippen LogP contribution in [0, 0.1) is 13.8 Å². The number of benzene rings is 2. The zero-order valence-corrected chi connectivity index (χ0v) is 18.0. The van der Waals surface area contributed by atoms with E-state index in [4.69, 9.17) is 16.3 Å². The fraction of sp³-hybridized carbons (Fsp3) is 0.174. The van der Waals surface area contributed by atoms with Crippen molar-refractivity contribution in [3.8, 4) is 5.75 Å². The number of anilines is 1. The van der Waals surface area contributed by atoms with Gasteiger partial charge >= 0.3 is 0 Å². The topological polar surface area (TPSA) is 74.0 Å². The molecule has 0 saturated heterocycles. The molecule has 2 aromatic heterocycles. The van der Waals surface area contributed by atoms with E-state index in [-0.39, 0.29) is 18.3 Å². The Morgan fingerprint density at radius 3 is 2.55 bits per heavy atom. The summed E-state index contributed by atoms with van der Waals surface area (Å²) in [6.07, 6.45) is 3.51.